The van der Waals surface area contributed by atoms with Gasteiger partial charge in [-0.2, -0.15) is 0 Å². The van der Waals surface area contributed by atoms with E-state index in [0.29, 0.717) is 10.9 Å². The fraction of sp³-hybridized carbons (Fsp3) is 0.412. The highest BCUT2D eigenvalue weighted by Gasteiger charge is 2.16. The molecule has 0 unspecified atom stereocenters. The number of aromatic nitrogens is 2. The molecule has 0 saturated heterocycles. The number of rotatable bonds is 5. The minimum absolute atomic E-state index is 0.0594. The average Bonchev–Trinajstić information content (AvgIpc) is 2.51. The summed E-state index contributed by atoms with van der Waals surface area (Å²) < 4.78 is 7.27. The van der Waals surface area contributed by atoms with Crippen LogP contribution in [0.3, 0.4) is 0 Å². The molecule has 0 saturated carbocycles. The van der Waals surface area contributed by atoms with E-state index in [1.54, 1.807) is 32.9 Å². The predicted molar refractivity (Wildman–Crippen MR) is 97.2 cm³/mol. The van der Waals surface area contributed by atoms with Crippen LogP contribution in [0.4, 0.5) is 0 Å². The molecule has 25 heavy (non-hydrogen) atoms. The summed E-state index contributed by atoms with van der Waals surface area (Å²) in [5.41, 5.74) is -0.217. The van der Waals surface area contributed by atoms with Crippen LogP contribution in [-0.2, 0) is 20.9 Å². The van der Waals surface area contributed by atoms with Gasteiger partial charge in [0.25, 0.3) is 5.56 Å². The number of amides is 1. The summed E-state index contributed by atoms with van der Waals surface area (Å²) in [6, 6.07) is 5.26. The Morgan fingerprint density at radius 2 is 2.04 bits per heavy atom. The van der Waals surface area contributed by atoms with Gasteiger partial charge in [0.1, 0.15) is 12.1 Å². The summed E-state index contributed by atoms with van der Waals surface area (Å²) in [4.78, 5) is 40.0. The summed E-state index contributed by atoms with van der Waals surface area (Å²) >= 11 is 3.32. The molecule has 0 aliphatic heterocycles. The number of ether oxygens (including phenoxy) is 1. The Labute approximate surface area is 153 Å². The van der Waals surface area contributed by atoms with Gasteiger partial charge in [0.05, 0.1) is 17.2 Å². The Balaban J connectivity index is 1.94. The summed E-state index contributed by atoms with van der Waals surface area (Å²) in [6.45, 7) is 5.24. The van der Waals surface area contributed by atoms with Crippen molar-refractivity contribution in [2.24, 2.45) is 0 Å². The normalized spacial score (nSPS) is 11.4. The average molecular weight is 410 g/mol. The van der Waals surface area contributed by atoms with Gasteiger partial charge in [0.15, 0.2) is 0 Å². The van der Waals surface area contributed by atoms with Crippen molar-refractivity contribution < 1.29 is 14.3 Å². The topological polar surface area (TPSA) is 90.3 Å². The lowest BCUT2D eigenvalue weighted by Crippen LogP contribution is -2.35. The Kier molecular flexibility index (Phi) is 5.94. The van der Waals surface area contributed by atoms with Gasteiger partial charge in [-0.15, -0.1) is 0 Å². The van der Waals surface area contributed by atoms with Crippen LogP contribution in [0.25, 0.3) is 10.9 Å². The Hall–Kier alpha value is -2.22. The SMILES string of the molecule is CC(C)(C)OC(=O)CNC(=O)CCn1cnc2ccc(Br)cc2c1=O. The minimum Gasteiger partial charge on any atom is -0.459 e. The number of nitrogens with one attached hydrogen (secondary N) is 1. The predicted octanol–water partition coefficient (Wildman–Crippen LogP) is 2.01. The number of fused-ring (bicyclic) bond motifs is 1. The molecule has 1 N–H and O–H groups in total. The molecule has 2 aromatic rings. The van der Waals surface area contributed by atoms with Gasteiger partial charge >= 0.3 is 5.97 Å². The molecule has 7 nitrogen and oxygen atoms in total. The number of hydrogen-bond acceptors (Lipinski definition) is 5. The first-order valence-electron chi connectivity index (χ1n) is 7.79. The van der Waals surface area contributed by atoms with Gasteiger partial charge in [-0.25, -0.2) is 4.98 Å². The van der Waals surface area contributed by atoms with Crippen LogP contribution in [0.5, 0.6) is 0 Å². The first kappa shape index (κ1) is 19.1. The standard InChI is InChI=1S/C17H20BrN3O4/c1-17(2,3)25-15(23)9-19-14(22)6-7-21-10-20-13-5-4-11(18)8-12(13)16(21)24/h4-5,8,10H,6-7,9H2,1-3H3,(H,19,22). The highest BCUT2D eigenvalue weighted by Crippen LogP contribution is 2.14. The van der Waals surface area contributed by atoms with Crippen molar-refractivity contribution in [3.05, 3.63) is 39.4 Å². The van der Waals surface area contributed by atoms with Crippen molar-refractivity contribution in [1.82, 2.24) is 14.9 Å². The zero-order chi connectivity index (χ0) is 18.6. The van der Waals surface area contributed by atoms with Gasteiger partial charge in [0.2, 0.25) is 5.91 Å². The second-order valence-electron chi connectivity index (χ2n) is 6.52. The van der Waals surface area contributed by atoms with E-state index in [1.165, 1.54) is 10.9 Å². The molecule has 2 rings (SSSR count). The molecule has 134 valence electrons. The van der Waals surface area contributed by atoms with Crippen LogP contribution in [-0.4, -0.2) is 33.6 Å². The fourth-order valence-electron chi connectivity index (χ4n) is 2.15. The van der Waals surface area contributed by atoms with Crippen molar-refractivity contribution in [2.75, 3.05) is 6.54 Å². The van der Waals surface area contributed by atoms with Crippen molar-refractivity contribution in [2.45, 2.75) is 39.3 Å². The van der Waals surface area contributed by atoms with Gasteiger partial charge in [-0.1, -0.05) is 15.9 Å². The van der Waals surface area contributed by atoms with E-state index in [1.807, 2.05) is 6.07 Å². The fourth-order valence-corrected chi connectivity index (χ4v) is 2.51. The Morgan fingerprint density at radius 3 is 2.72 bits per heavy atom. The molecular formula is C17H20BrN3O4. The van der Waals surface area contributed by atoms with E-state index < -0.39 is 11.6 Å². The maximum atomic E-state index is 12.4. The molecular weight excluding hydrogens is 390 g/mol. The molecule has 0 aliphatic rings. The lowest BCUT2D eigenvalue weighted by Gasteiger charge is -2.19. The molecule has 0 fully saturated rings. The van der Waals surface area contributed by atoms with E-state index in [-0.39, 0.29) is 31.0 Å². The van der Waals surface area contributed by atoms with Crippen molar-refractivity contribution in [3.63, 3.8) is 0 Å². The molecule has 0 aliphatic carbocycles. The summed E-state index contributed by atoms with van der Waals surface area (Å²) in [5.74, 6) is -0.845. The van der Waals surface area contributed by atoms with Gasteiger partial charge in [0, 0.05) is 17.4 Å². The molecule has 1 aromatic heterocycles. The number of benzene rings is 1. The third-order valence-corrected chi connectivity index (χ3v) is 3.71. The molecule has 1 aromatic carbocycles. The number of carbonyl (C=O) groups excluding carboxylic acids is 2. The van der Waals surface area contributed by atoms with E-state index in [4.69, 9.17) is 4.74 Å². The minimum atomic E-state index is -0.597. The molecule has 8 heteroatoms. The number of nitrogens with zero attached hydrogens (tertiary/aromatic N) is 2. The van der Waals surface area contributed by atoms with Crippen LogP contribution < -0.4 is 10.9 Å². The van der Waals surface area contributed by atoms with Gasteiger partial charge < -0.3 is 10.1 Å². The first-order valence-corrected chi connectivity index (χ1v) is 8.58. The largest absolute Gasteiger partial charge is 0.459 e. The number of halogens is 1. The third kappa shape index (κ3) is 5.67. The summed E-state index contributed by atoms with van der Waals surface area (Å²) in [5, 5.41) is 2.96. The van der Waals surface area contributed by atoms with E-state index >= 15 is 0 Å². The van der Waals surface area contributed by atoms with E-state index in [2.05, 4.69) is 26.2 Å². The van der Waals surface area contributed by atoms with E-state index in [9.17, 15) is 14.4 Å². The highest BCUT2D eigenvalue weighted by atomic mass is 79.9. The summed E-state index contributed by atoms with van der Waals surface area (Å²) in [6.07, 6.45) is 1.48. The van der Waals surface area contributed by atoms with Crippen molar-refractivity contribution in [3.8, 4) is 0 Å². The zero-order valence-electron chi connectivity index (χ0n) is 14.3. The number of carbonyl (C=O) groups is 2. The third-order valence-electron chi connectivity index (χ3n) is 3.22. The monoisotopic (exact) mass is 409 g/mol. The van der Waals surface area contributed by atoms with Gasteiger partial charge in [-0.05, 0) is 39.0 Å². The van der Waals surface area contributed by atoms with Crippen molar-refractivity contribution in [1.29, 1.82) is 0 Å². The van der Waals surface area contributed by atoms with Crippen LogP contribution >= 0.6 is 15.9 Å². The smallest absolute Gasteiger partial charge is 0.325 e. The van der Waals surface area contributed by atoms with E-state index in [0.717, 1.165) is 4.47 Å². The quantitative estimate of drug-likeness (QED) is 0.762. The maximum absolute atomic E-state index is 12.4. The highest BCUT2D eigenvalue weighted by molar-refractivity contribution is 9.10. The Bertz CT molecular complexity index is 855. The summed E-state index contributed by atoms with van der Waals surface area (Å²) in [7, 11) is 0. The zero-order valence-corrected chi connectivity index (χ0v) is 15.9. The van der Waals surface area contributed by atoms with Crippen molar-refractivity contribution >= 4 is 38.7 Å². The molecule has 0 spiro atoms. The lowest BCUT2D eigenvalue weighted by atomic mass is 10.2. The number of aryl methyl sites for hydroxylation is 1. The lowest BCUT2D eigenvalue weighted by molar-refractivity contribution is -0.154. The molecule has 1 amide bonds. The molecule has 0 radical (unpaired) electrons. The number of esters is 1. The Morgan fingerprint density at radius 1 is 1.32 bits per heavy atom. The maximum Gasteiger partial charge on any atom is 0.325 e. The molecule has 1 heterocycles. The second-order valence-corrected chi connectivity index (χ2v) is 7.43. The van der Waals surface area contributed by atoms with Gasteiger partial charge in [-0.3, -0.25) is 19.0 Å². The van der Waals surface area contributed by atoms with Crippen LogP contribution in [0, 0.1) is 0 Å². The van der Waals surface area contributed by atoms with Crippen LogP contribution in [0.1, 0.15) is 27.2 Å². The van der Waals surface area contributed by atoms with Crippen LogP contribution in [0.2, 0.25) is 0 Å². The van der Waals surface area contributed by atoms with Crippen LogP contribution in [0.15, 0.2) is 33.8 Å². The number of hydrogen-bond donors (Lipinski definition) is 1. The first-order chi connectivity index (χ1) is 11.7. The molecule has 0 bridgehead atoms. The second kappa shape index (κ2) is 7.77. The molecule has 0 atom stereocenters.